The zero-order valence-electron chi connectivity index (χ0n) is 12.5. The maximum Gasteiger partial charge on any atom is 0.271 e. The molecule has 0 saturated carbocycles. The lowest BCUT2D eigenvalue weighted by Crippen LogP contribution is -2.38. The van der Waals surface area contributed by atoms with Crippen molar-refractivity contribution in [3.63, 3.8) is 0 Å². The molecular weight excluding hydrogens is 321 g/mol. The second-order valence-electron chi connectivity index (χ2n) is 5.65. The van der Waals surface area contributed by atoms with Crippen molar-refractivity contribution in [2.75, 3.05) is 18.6 Å². The Morgan fingerprint density at radius 3 is 2.65 bits per heavy atom. The maximum atomic E-state index is 12.9. The van der Waals surface area contributed by atoms with Crippen LogP contribution in [-0.2, 0) is 9.84 Å². The number of nitrogens with one attached hydrogen (secondary N) is 1. The lowest BCUT2D eigenvalue weighted by Gasteiger charge is -2.22. The van der Waals surface area contributed by atoms with Crippen LogP contribution < -0.4 is 0 Å². The molecule has 6 nitrogen and oxygen atoms in total. The molecule has 3 rings (SSSR count). The number of hydrogen-bond acceptors (Lipinski definition) is 4. The highest BCUT2D eigenvalue weighted by atomic mass is 32.2. The van der Waals surface area contributed by atoms with Gasteiger partial charge in [0.1, 0.15) is 11.5 Å². The summed E-state index contributed by atoms with van der Waals surface area (Å²) < 4.78 is 36.0. The highest BCUT2D eigenvalue weighted by Crippen LogP contribution is 2.21. The molecular formula is C15H16FN3O3S. The van der Waals surface area contributed by atoms with Crippen LogP contribution in [0, 0.1) is 5.82 Å². The van der Waals surface area contributed by atoms with Crippen LogP contribution in [0.3, 0.4) is 0 Å². The Bertz CT molecular complexity index is 830. The fourth-order valence-electron chi connectivity index (χ4n) is 2.64. The molecule has 1 atom stereocenters. The van der Waals surface area contributed by atoms with E-state index in [9.17, 15) is 17.6 Å². The number of sulfone groups is 1. The fraction of sp³-hybridized carbons (Fsp3) is 0.333. The molecule has 1 aromatic carbocycles. The maximum absolute atomic E-state index is 12.9. The normalized spacial score (nSPS) is 19.7. The molecule has 1 aliphatic rings. The molecule has 1 N–H and O–H groups in total. The molecule has 1 saturated heterocycles. The number of H-pyrrole nitrogens is 1. The molecule has 1 amide bonds. The van der Waals surface area contributed by atoms with Crippen LogP contribution in [0.25, 0.3) is 11.3 Å². The molecule has 2 heterocycles. The third kappa shape index (κ3) is 3.26. The third-order valence-electron chi connectivity index (χ3n) is 4.02. The first-order chi connectivity index (χ1) is 10.9. The van der Waals surface area contributed by atoms with E-state index in [2.05, 4.69) is 10.2 Å². The summed E-state index contributed by atoms with van der Waals surface area (Å²) in [5.74, 6) is -0.552. The molecule has 122 valence electrons. The minimum absolute atomic E-state index is 0.00576. The van der Waals surface area contributed by atoms with Crippen molar-refractivity contribution in [3.05, 3.63) is 41.8 Å². The van der Waals surface area contributed by atoms with Crippen LogP contribution in [0.2, 0.25) is 0 Å². The Hall–Kier alpha value is -2.22. The van der Waals surface area contributed by atoms with E-state index in [1.807, 2.05) is 0 Å². The molecule has 1 aliphatic heterocycles. The average Bonchev–Trinajstić information content (AvgIpc) is 3.13. The van der Waals surface area contributed by atoms with Crippen molar-refractivity contribution in [3.8, 4) is 11.3 Å². The Morgan fingerprint density at radius 1 is 1.35 bits per heavy atom. The number of benzene rings is 1. The van der Waals surface area contributed by atoms with E-state index in [0.717, 1.165) is 0 Å². The second kappa shape index (κ2) is 5.77. The van der Waals surface area contributed by atoms with E-state index in [-0.39, 0.29) is 35.0 Å². The average molecular weight is 337 g/mol. The van der Waals surface area contributed by atoms with Gasteiger partial charge in [0.2, 0.25) is 0 Å². The first kappa shape index (κ1) is 15.7. The minimum atomic E-state index is -3.05. The Labute approximate surface area is 133 Å². The number of halogens is 1. The number of hydrogen-bond donors (Lipinski definition) is 1. The van der Waals surface area contributed by atoms with Gasteiger partial charge in [0.05, 0.1) is 17.2 Å². The van der Waals surface area contributed by atoms with Gasteiger partial charge in [-0.25, -0.2) is 12.8 Å². The van der Waals surface area contributed by atoms with E-state index in [0.29, 0.717) is 17.7 Å². The monoisotopic (exact) mass is 337 g/mol. The van der Waals surface area contributed by atoms with Crippen LogP contribution in [0.1, 0.15) is 16.9 Å². The highest BCUT2D eigenvalue weighted by molar-refractivity contribution is 7.91. The van der Waals surface area contributed by atoms with E-state index >= 15 is 0 Å². The van der Waals surface area contributed by atoms with E-state index in [4.69, 9.17) is 0 Å². The van der Waals surface area contributed by atoms with Crippen molar-refractivity contribution < 1.29 is 17.6 Å². The SMILES string of the molecule is CN(C(=O)c1cc(-c2ccc(F)cc2)n[nH]1)C1CCS(=O)(=O)C1. The first-order valence-corrected chi connectivity index (χ1v) is 8.97. The Kier molecular flexibility index (Phi) is 3.93. The quantitative estimate of drug-likeness (QED) is 0.919. The standard InChI is InChI=1S/C15H16FN3O3S/c1-19(12-6-7-23(21,22)9-12)15(20)14-8-13(17-18-14)10-2-4-11(16)5-3-10/h2-5,8,12H,6-7,9H2,1H3,(H,17,18). The predicted octanol–water partition coefficient (Wildman–Crippen LogP) is 1.47. The lowest BCUT2D eigenvalue weighted by atomic mass is 10.1. The van der Waals surface area contributed by atoms with Gasteiger partial charge in [0.15, 0.2) is 9.84 Å². The number of nitrogens with zero attached hydrogens (tertiary/aromatic N) is 2. The van der Waals surface area contributed by atoms with E-state index in [1.54, 1.807) is 25.2 Å². The van der Waals surface area contributed by atoms with Crippen LogP contribution >= 0.6 is 0 Å². The summed E-state index contributed by atoms with van der Waals surface area (Å²) >= 11 is 0. The van der Waals surface area contributed by atoms with Gasteiger partial charge in [-0.1, -0.05) is 0 Å². The summed E-state index contributed by atoms with van der Waals surface area (Å²) in [5, 5.41) is 6.72. The molecule has 1 unspecified atom stereocenters. The fourth-order valence-corrected chi connectivity index (χ4v) is 4.41. The van der Waals surface area contributed by atoms with Gasteiger partial charge in [0.25, 0.3) is 5.91 Å². The van der Waals surface area contributed by atoms with Gasteiger partial charge in [-0.15, -0.1) is 0 Å². The molecule has 0 bridgehead atoms. The molecule has 0 aliphatic carbocycles. The molecule has 1 fully saturated rings. The smallest absolute Gasteiger partial charge is 0.271 e. The zero-order chi connectivity index (χ0) is 16.6. The second-order valence-corrected chi connectivity index (χ2v) is 7.88. The molecule has 23 heavy (non-hydrogen) atoms. The number of aromatic nitrogens is 2. The molecule has 2 aromatic rings. The van der Waals surface area contributed by atoms with Gasteiger partial charge in [0, 0.05) is 18.7 Å². The van der Waals surface area contributed by atoms with Gasteiger partial charge in [-0.2, -0.15) is 5.10 Å². The molecule has 1 aromatic heterocycles. The zero-order valence-corrected chi connectivity index (χ0v) is 13.3. The summed E-state index contributed by atoms with van der Waals surface area (Å²) in [7, 11) is -1.46. The highest BCUT2D eigenvalue weighted by Gasteiger charge is 2.33. The van der Waals surface area contributed by atoms with Crippen molar-refractivity contribution in [2.24, 2.45) is 0 Å². The predicted molar refractivity (Wildman–Crippen MR) is 83.1 cm³/mol. The largest absolute Gasteiger partial charge is 0.336 e. The molecule has 0 radical (unpaired) electrons. The topological polar surface area (TPSA) is 83.1 Å². The summed E-state index contributed by atoms with van der Waals surface area (Å²) in [5.41, 5.74) is 1.49. The minimum Gasteiger partial charge on any atom is -0.336 e. The third-order valence-corrected chi connectivity index (χ3v) is 5.78. The molecule has 8 heteroatoms. The molecule has 0 spiro atoms. The number of carbonyl (C=O) groups is 1. The summed E-state index contributed by atoms with van der Waals surface area (Å²) in [4.78, 5) is 13.9. The Balaban J connectivity index is 1.77. The Morgan fingerprint density at radius 2 is 2.04 bits per heavy atom. The number of aromatic amines is 1. The number of amides is 1. The van der Waals surface area contributed by atoms with Crippen molar-refractivity contribution in [1.82, 2.24) is 15.1 Å². The van der Waals surface area contributed by atoms with Gasteiger partial charge < -0.3 is 4.90 Å². The number of rotatable bonds is 3. The van der Waals surface area contributed by atoms with Gasteiger partial charge >= 0.3 is 0 Å². The van der Waals surface area contributed by atoms with Gasteiger partial charge in [-0.3, -0.25) is 9.89 Å². The summed E-state index contributed by atoms with van der Waals surface area (Å²) in [6.45, 7) is 0. The van der Waals surface area contributed by atoms with Crippen LogP contribution in [0.4, 0.5) is 4.39 Å². The van der Waals surface area contributed by atoms with Crippen molar-refractivity contribution in [1.29, 1.82) is 0 Å². The van der Waals surface area contributed by atoms with Crippen molar-refractivity contribution in [2.45, 2.75) is 12.5 Å². The number of carbonyl (C=O) groups excluding carboxylic acids is 1. The van der Waals surface area contributed by atoms with E-state index in [1.165, 1.54) is 17.0 Å². The van der Waals surface area contributed by atoms with Crippen LogP contribution in [0.15, 0.2) is 30.3 Å². The van der Waals surface area contributed by atoms with Crippen LogP contribution in [0.5, 0.6) is 0 Å². The van der Waals surface area contributed by atoms with E-state index < -0.39 is 9.84 Å². The lowest BCUT2D eigenvalue weighted by molar-refractivity contribution is 0.0741. The van der Waals surface area contributed by atoms with Crippen molar-refractivity contribution >= 4 is 15.7 Å². The first-order valence-electron chi connectivity index (χ1n) is 7.15. The van der Waals surface area contributed by atoms with Gasteiger partial charge in [-0.05, 0) is 36.8 Å². The van der Waals surface area contributed by atoms with Crippen LogP contribution in [-0.4, -0.2) is 54.0 Å². The summed E-state index contributed by atoms with van der Waals surface area (Å²) in [6, 6.07) is 7.06. The summed E-state index contributed by atoms with van der Waals surface area (Å²) in [6.07, 6.45) is 0.448.